The van der Waals surface area contributed by atoms with Gasteiger partial charge in [-0.3, -0.25) is 32.9 Å². The lowest BCUT2D eigenvalue weighted by molar-refractivity contribution is 0.0256. The summed E-state index contributed by atoms with van der Waals surface area (Å²) in [6, 6.07) is 50.6. The van der Waals surface area contributed by atoms with E-state index in [9.17, 15) is 78.1 Å². The van der Waals surface area contributed by atoms with Gasteiger partial charge in [-0.25, -0.2) is 83.1 Å². The number of nitrogens with zero attached hydrogens (tertiary/aromatic N) is 11. The van der Waals surface area contributed by atoms with Crippen molar-refractivity contribution in [3.05, 3.63) is 300 Å². The van der Waals surface area contributed by atoms with Crippen LogP contribution in [0.4, 0.5) is 0 Å². The van der Waals surface area contributed by atoms with Crippen LogP contribution in [0.1, 0.15) is 140 Å². The highest BCUT2D eigenvalue weighted by Crippen LogP contribution is 2.38. The minimum absolute atomic E-state index is 0.00791. The Balaban J connectivity index is 0.000000130. The third kappa shape index (κ3) is 24.0. The standard InChI is InChI=1S/C25H24N4O5S2.2C25H25N3O5S2.C24H23N3O6S2/c26-36(33,34)19-7-4-16(5-8-19)12-18-14-29(25-27-21(15-35-25)24(31)32)22-13-17(6-9-20(18)22)23(30)28-10-2-1-3-11-28;1-35(31,32)20-5-2-17(3-6-20)12-19-15-28(25-26-22(16-34-25)24(29)30)23-13-18(4-7-21(19)23)14-27-8-10-33-11-9-27;1-35(31,32)20-7-5-17(6-8-20)13-19-15-28(25-26-21(16-34-25)24(29)30)22-4-2-3-18(23(19)22)14-27-9-11-33-12-10-27;25-35(30,31)19-4-1-15(2-5-19)11-16-13-27(24-26-21(14-34-24)23(28)29)22-6-3-18(12-20(16)22)33-17-7-9-32-10-8-17/h4-9,13-15H,1-3,10-12H2,(H,31,32)(H2,26,33,34);2-7,13,15-16H,8-12,14H2,1H3,(H,29,30);2-8,15-16H,9-14H2,1H3,(H,29,30);1-6,12-14,17H,7-11H2,(H,28,29)(H2,25,30,31). The molecule has 12 heterocycles. The number of aromatic nitrogens is 8. The summed E-state index contributed by atoms with van der Waals surface area (Å²) in [5, 5.41) is 60.0. The Morgan fingerprint density at radius 3 is 1.18 bits per heavy atom. The monoisotopic (exact) mass is 2060 g/mol. The number of hydrogen-bond donors (Lipinski definition) is 6. The lowest BCUT2D eigenvalue weighted by Gasteiger charge is -2.27. The number of benzene rings is 8. The predicted molar refractivity (Wildman–Crippen MR) is 536 cm³/mol. The molecular weight excluding hydrogens is 1960 g/mol. The fourth-order valence-electron chi connectivity index (χ4n) is 17.4. The zero-order valence-electron chi connectivity index (χ0n) is 76.2. The molecule has 4 saturated heterocycles. The van der Waals surface area contributed by atoms with Gasteiger partial charge in [0, 0.05) is 151 Å². The number of likely N-dealkylation sites (tertiary alicyclic amines) is 1. The maximum absolute atomic E-state index is 13.2. The first kappa shape index (κ1) is 99.7. The maximum Gasteiger partial charge on any atom is 0.355 e. The molecule has 34 nitrogen and oxygen atoms in total. The molecule has 1 amide bonds. The third-order valence-corrected chi connectivity index (χ3v) is 32.0. The molecule has 141 heavy (non-hydrogen) atoms. The Bertz CT molecular complexity index is 7810. The van der Waals surface area contributed by atoms with Crippen LogP contribution in [-0.4, -0.2) is 234 Å². The van der Waals surface area contributed by atoms with Gasteiger partial charge in [-0.1, -0.05) is 78.9 Å². The molecule has 0 radical (unpaired) electrons. The topological polar surface area (TPSA) is 473 Å². The molecule has 0 bridgehead atoms. The highest BCUT2D eigenvalue weighted by Gasteiger charge is 2.28. The Morgan fingerprint density at radius 2 is 0.759 bits per heavy atom. The van der Waals surface area contributed by atoms with E-state index in [0.717, 1.165) is 197 Å². The van der Waals surface area contributed by atoms with Crippen molar-refractivity contribution >= 4 is 158 Å². The van der Waals surface area contributed by atoms with Crippen molar-refractivity contribution in [3.63, 3.8) is 0 Å². The first-order chi connectivity index (χ1) is 67.5. The number of sulfonamides is 2. The number of carbonyl (C=O) groups excluding carboxylic acids is 1. The molecule has 0 unspecified atom stereocenters. The Labute approximate surface area is 826 Å². The number of carboxylic acid groups (broad SMARTS) is 4. The number of nitrogens with two attached hydrogens (primary N) is 2. The van der Waals surface area contributed by atoms with Crippen molar-refractivity contribution in [2.75, 3.05) is 91.4 Å². The minimum Gasteiger partial charge on any atom is -0.490 e. The Morgan fingerprint density at radius 1 is 0.383 bits per heavy atom. The number of sulfone groups is 2. The number of carbonyl (C=O) groups is 5. The average molecular weight is 2060 g/mol. The van der Waals surface area contributed by atoms with E-state index in [1.165, 1.54) is 98.4 Å². The van der Waals surface area contributed by atoms with E-state index in [1.54, 1.807) is 59.3 Å². The number of fused-ring (bicyclic) bond motifs is 4. The molecule has 8 aromatic heterocycles. The second-order valence-corrected chi connectivity index (χ2v) is 44.9. The largest absolute Gasteiger partial charge is 0.490 e. The van der Waals surface area contributed by atoms with E-state index in [4.69, 9.17) is 29.2 Å². The smallest absolute Gasteiger partial charge is 0.355 e. The molecule has 42 heteroatoms. The average Bonchev–Trinajstić information content (AvgIpc) is 1.62. The molecule has 4 aliphatic rings. The second kappa shape index (κ2) is 42.9. The minimum atomic E-state index is -3.78. The number of carboxylic acids is 4. The van der Waals surface area contributed by atoms with Gasteiger partial charge in [-0.05, 0) is 192 Å². The van der Waals surface area contributed by atoms with Crippen LogP contribution in [0.15, 0.2) is 236 Å². The van der Waals surface area contributed by atoms with Crippen molar-refractivity contribution in [3.8, 4) is 26.3 Å². The second-order valence-electron chi connectivity index (χ2n) is 34.4. The van der Waals surface area contributed by atoms with Crippen molar-refractivity contribution in [1.29, 1.82) is 0 Å². The summed E-state index contributed by atoms with van der Waals surface area (Å²) in [6.07, 6.45) is 17.3. The first-order valence-corrected chi connectivity index (χ1v) is 55.2. The van der Waals surface area contributed by atoms with Gasteiger partial charge in [-0.15, -0.1) is 45.3 Å². The SMILES string of the molecule is CS(=O)(=O)c1ccc(Cc2cn(-c3nc(C(=O)O)cs3)c3cc(CN4CCOCC4)ccc23)cc1.CS(=O)(=O)c1ccc(Cc2cn(-c3nc(C(=O)O)cs3)c3cccc(CN4CCOCC4)c23)cc1.NS(=O)(=O)c1ccc(Cc2cn(-c3nc(C(=O)O)cs3)c3cc(C(=O)N4CCCCC4)ccc23)cc1.NS(=O)(=O)c1ccc(Cc2cn(-c3nc(C(=O)O)cs3)c3ccc(OC4CCOCC4)cc23)cc1. The molecule has 0 atom stereocenters. The molecule has 8 N–H and O–H groups in total. The number of thiazole rings is 4. The number of piperidine rings is 1. The van der Waals surface area contributed by atoms with Gasteiger partial charge in [-0.2, -0.15) is 0 Å². The first-order valence-electron chi connectivity index (χ1n) is 44.8. The van der Waals surface area contributed by atoms with Crippen LogP contribution in [-0.2, 0) is 92.7 Å². The number of amides is 1. The molecule has 4 aliphatic heterocycles. The predicted octanol–water partition coefficient (Wildman–Crippen LogP) is 14.5. The van der Waals surface area contributed by atoms with Crippen molar-refractivity contribution in [2.45, 2.75) is 96.6 Å². The summed E-state index contributed by atoms with van der Waals surface area (Å²) in [4.78, 5) is 83.2. The molecule has 20 rings (SSSR count). The number of morpholine rings is 2. The van der Waals surface area contributed by atoms with Gasteiger partial charge in [0.15, 0.2) is 63.0 Å². The van der Waals surface area contributed by atoms with Crippen LogP contribution < -0.4 is 15.0 Å². The van der Waals surface area contributed by atoms with Gasteiger partial charge in [0.25, 0.3) is 5.91 Å². The molecule has 0 spiro atoms. The summed E-state index contributed by atoms with van der Waals surface area (Å²) in [5.41, 5.74) is 14.2. The highest BCUT2D eigenvalue weighted by atomic mass is 32.2. The van der Waals surface area contributed by atoms with E-state index >= 15 is 0 Å². The van der Waals surface area contributed by atoms with Crippen molar-refractivity contribution in [1.82, 2.24) is 52.9 Å². The molecule has 0 saturated carbocycles. The Hall–Kier alpha value is -12.9. The van der Waals surface area contributed by atoms with Gasteiger partial charge >= 0.3 is 23.9 Å². The van der Waals surface area contributed by atoms with Crippen LogP contribution in [0.25, 0.3) is 64.1 Å². The van der Waals surface area contributed by atoms with Crippen LogP contribution in [0.5, 0.6) is 5.75 Å². The number of aromatic carboxylic acids is 4. The zero-order chi connectivity index (χ0) is 99.2. The van der Waals surface area contributed by atoms with E-state index < -0.39 is 63.6 Å². The van der Waals surface area contributed by atoms with Gasteiger partial charge < -0.3 is 44.3 Å². The lowest BCUT2D eigenvalue weighted by atomic mass is 10.0. The molecule has 0 aliphatic carbocycles. The molecular formula is C99H97N13O21S8. The number of hydrogen-bond acceptors (Lipinski definition) is 27. The molecule has 8 aromatic carbocycles. The van der Waals surface area contributed by atoms with E-state index in [2.05, 4.69) is 54.0 Å². The zero-order valence-corrected chi connectivity index (χ0v) is 82.7. The van der Waals surface area contributed by atoms with Gasteiger partial charge in [0.05, 0.1) is 81.3 Å². The van der Waals surface area contributed by atoms with Crippen molar-refractivity contribution < 1.29 is 97.0 Å². The van der Waals surface area contributed by atoms with E-state index in [1.807, 2.05) is 121 Å². The van der Waals surface area contributed by atoms with Crippen LogP contribution in [0.2, 0.25) is 0 Å². The summed E-state index contributed by atoms with van der Waals surface area (Å²) in [7, 11) is -14.1. The molecule has 16 aromatic rings. The highest BCUT2D eigenvalue weighted by molar-refractivity contribution is 7.91. The fourth-order valence-corrected chi connectivity index (χ4v) is 22.8. The van der Waals surface area contributed by atoms with Gasteiger partial charge in [0.2, 0.25) is 20.0 Å². The van der Waals surface area contributed by atoms with Crippen LogP contribution in [0.3, 0.4) is 0 Å². The molecule has 732 valence electrons. The Kier molecular flexibility index (Phi) is 30.3. The maximum atomic E-state index is 13.2. The van der Waals surface area contributed by atoms with Gasteiger partial charge in [0.1, 0.15) is 11.9 Å². The van der Waals surface area contributed by atoms with E-state index in [0.29, 0.717) is 88.0 Å². The summed E-state index contributed by atoms with van der Waals surface area (Å²) < 4.78 is 124. The fraction of sp³-hybridized carbons (Fsp3) is 0.263. The number of primary sulfonamides is 2. The lowest BCUT2D eigenvalue weighted by Crippen LogP contribution is -2.35. The van der Waals surface area contributed by atoms with E-state index in [-0.39, 0.29) is 44.6 Å². The van der Waals surface area contributed by atoms with Crippen LogP contribution in [0, 0.1) is 0 Å². The van der Waals surface area contributed by atoms with Crippen molar-refractivity contribution in [2.24, 2.45) is 10.3 Å². The number of ether oxygens (including phenoxy) is 4. The molecule has 4 fully saturated rings. The summed E-state index contributed by atoms with van der Waals surface area (Å²) >= 11 is 5.03. The quantitative estimate of drug-likeness (QED) is 0.0278. The normalized spacial score (nSPS) is 14.8. The summed E-state index contributed by atoms with van der Waals surface area (Å²) in [5.74, 6) is -3.56. The number of rotatable bonds is 27. The summed E-state index contributed by atoms with van der Waals surface area (Å²) in [6.45, 7) is 10.9. The third-order valence-electron chi connectivity index (χ3n) is 24.5. The van der Waals surface area contributed by atoms with Crippen LogP contribution >= 0.6 is 45.3 Å².